The maximum atomic E-state index is 9.04. The molecule has 0 heterocycles. The van der Waals surface area contributed by atoms with Gasteiger partial charge in [0.25, 0.3) is 0 Å². The highest BCUT2D eigenvalue weighted by Crippen LogP contribution is 2.31. The summed E-state index contributed by atoms with van der Waals surface area (Å²) in [6.45, 7) is 4.89. The second-order valence-corrected chi connectivity index (χ2v) is 6.50. The maximum Gasteiger partial charge on any atom is 0.0443 e. The molecule has 3 atom stereocenters. The van der Waals surface area contributed by atoms with Crippen LogP contribution in [0.3, 0.4) is 0 Å². The summed E-state index contributed by atoms with van der Waals surface area (Å²) in [6, 6.07) is 1.18. The van der Waals surface area contributed by atoms with E-state index in [0.29, 0.717) is 18.6 Å². The Morgan fingerprint density at radius 3 is 2.61 bits per heavy atom. The summed E-state index contributed by atoms with van der Waals surface area (Å²) in [5.74, 6) is 1.52. The lowest BCUT2D eigenvalue weighted by molar-refractivity contribution is 0.0774. The highest BCUT2D eigenvalue weighted by molar-refractivity contribution is 4.87. The van der Waals surface area contributed by atoms with Crippen LogP contribution in [0.25, 0.3) is 0 Å². The molecular formula is C15H30N2O. The van der Waals surface area contributed by atoms with Gasteiger partial charge < -0.3 is 10.8 Å². The monoisotopic (exact) mass is 254 g/mol. The number of nitrogens with zero attached hydrogens (tertiary/aromatic N) is 1. The highest BCUT2D eigenvalue weighted by atomic mass is 16.3. The molecule has 3 N–H and O–H groups in total. The van der Waals surface area contributed by atoms with Crippen molar-refractivity contribution in [2.24, 2.45) is 17.6 Å². The molecule has 0 bridgehead atoms. The van der Waals surface area contributed by atoms with Gasteiger partial charge in [0.05, 0.1) is 0 Å². The number of hydrogen-bond donors (Lipinski definition) is 2. The molecule has 0 aromatic carbocycles. The van der Waals surface area contributed by atoms with Crippen LogP contribution in [-0.4, -0.2) is 41.8 Å². The van der Waals surface area contributed by atoms with Crippen LogP contribution in [-0.2, 0) is 0 Å². The van der Waals surface area contributed by atoms with Gasteiger partial charge in [-0.15, -0.1) is 0 Å². The molecule has 2 aliphatic rings. The van der Waals surface area contributed by atoms with E-state index in [1.54, 1.807) is 0 Å². The molecule has 18 heavy (non-hydrogen) atoms. The summed E-state index contributed by atoms with van der Waals surface area (Å²) in [4.78, 5) is 2.61. The first kappa shape index (κ1) is 14.3. The third kappa shape index (κ3) is 3.69. The molecular weight excluding hydrogens is 224 g/mol. The normalized spacial score (nSPS) is 33.7. The first-order valence-corrected chi connectivity index (χ1v) is 7.81. The van der Waals surface area contributed by atoms with E-state index in [1.165, 1.54) is 38.5 Å². The van der Waals surface area contributed by atoms with Gasteiger partial charge in [0.2, 0.25) is 0 Å². The van der Waals surface area contributed by atoms with Gasteiger partial charge in [-0.1, -0.05) is 13.3 Å². The number of nitrogens with two attached hydrogens (primary N) is 1. The molecule has 2 saturated carbocycles. The van der Waals surface area contributed by atoms with E-state index in [2.05, 4.69) is 11.8 Å². The Morgan fingerprint density at radius 1 is 1.22 bits per heavy atom. The molecule has 2 aliphatic carbocycles. The summed E-state index contributed by atoms with van der Waals surface area (Å²) < 4.78 is 0. The number of aliphatic hydroxyl groups is 1. The SMILES string of the molecule is CC1CCC(N)C(CN(CCCO)C2CCC2)C1. The molecule has 3 unspecified atom stereocenters. The Morgan fingerprint density at radius 2 is 2.00 bits per heavy atom. The van der Waals surface area contributed by atoms with Crippen molar-refractivity contribution in [3.8, 4) is 0 Å². The summed E-state index contributed by atoms with van der Waals surface area (Å²) >= 11 is 0. The van der Waals surface area contributed by atoms with Gasteiger partial charge in [-0.2, -0.15) is 0 Å². The average Bonchev–Trinajstić information content (AvgIpc) is 2.28. The predicted molar refractivity (Wildman–Crippen MR) is 75.4 cm³/mol. The molecule has 106 valence electrons. The minimum atomic E-state index is 0.316. The molecule has 0 amide bonds. The lowest BCUT2D eigenvalue weighted by Gasteiger charge is -2.42. The quantitative estimate of drug-likeness (QED) is 0.762. The van der Waals surface area contributed by atoms with Crippen molar-refractivity contribution in [2.45, 2.75) is 64.0 Å². The largest absolute Gasteiger partial charge is 0.396 e. The summed E-state index contributed by atoms with van der Waals surface area (Å²) in [5.41, 5.74) is 6.30. The first-order valence-electron chi connectivity index (χ1n) is 7.81. The summed E-state index contributed by atoms with van der Waals surface area (Å²) in [5, 5.41) is 9.04. The molecule has 2 fully saturated rings. The van der Waals surface area contributed by atoms with Gasteiger partial charge in [-0.3, -0.25) is 4.90 Å². The van der Waals surface area contributed by atoms with Crippen LogP contribution in [0.2, 0.25) is 0 Å². The Hall–Kier alpha value is -0.120. The van der Waals surface area contributed by atoms with E-state index in [9.17, 15) is 0 Å². The molecule has 3 heteroatoms. The molecule has 2 rings (SSSR count). The molecule has 0 saturated heterocycles. The topological polar surface area (TPSA) is 49.5 Å². The summed E-state index contributed by atoms with van der Waals surface area (Å²) in [6.07, 6.45) is 8.79. The molecule has 0 aliphatic heterocycles. The van der Waals surface area contributed by atoms with Crippen LogP contribution in [0.5, 0.6) is 0 Å². The van der Waals surface area contributed by atoms with Gasteiger partial charge in [0.1, 0.15) is 0 Å². The lowest BCUT2D eigenvalue weighted by atomic mass is 9.78. The van der Waals surface area contributed by atoms with Crippen molar-refractivity contribution >= 4 is 0 Å². The molecule has 3 nitrogen and oxygen atoms in total. The van der Waals surface area contributed by atoms with Crippen LogP contribution in [0.4, 0.5) is 0 Å². The fourth-order valence-electron chi connectivity index (χ4n) is 3.48. The third-order valence-corrected chi connectivity index (χ3v) is 4.97. The average molecular weight is 254 g/mol. The Labute approximate surface area is 112 Å². The lowest BCUT2D eigenvalue weighted by Crippen LogP contribution is -2.48. The van der Waals surface area contributed by atoms with Crippen molar-refractivity contribution < 1.29 is 5.11 Å². The van der Waals surface area contributed by atoms with E-state index in [-0.39, 0.29) is 0 Å². The van der Waals surface area contributed by atoms with Gasteiger partial charge >= 0.3 is 0 Å². The minimum absolute atomic E-state index is 0.316. The van der Waals surface area contributed by atoms with Crippen LogP contribution in [0.1, 0.15) is 51.9 Å². The fraction of sp³-hybridized carbons (Fsp3) is 1.00. The van der Waals surface area contributed by atoms with Gasteiger partial charge in [0.15, 0.2) is 0 Å². The van der Waals surface area contributed by atoms with E-state index >= 15 is 0 Å². The molecule has 0 aromatic rings. The van der Waals surface area contributed by atoms with E-state index in [4.69, 9.17) is 10.8 Å². The number of rotatable bonds is 6. The highest BCUT2D eigenvalue weighted by Gasteiger charge is 2.31. The number of aliphatic hydroxyl groups excluding tert-OH is 1. The van der Waals surface area contributed by atoms with Gasteiger partial charge in [0, 0.05) is 31.8 Å². The molecule has 0 aromatic heterocycles. The molecule has 0 radical (unpaired) electrons. The molecule has 0 spiro atoms. The predicted octanol–water partition coefficient (Wildman–Crippen LogP) is 1.99. The fourth-order valence-corrected chi connectivity index (χ4v) is 3.48. The van der Waals surface area contributed by atoms with Crippen LogP contribution in [0.15, 0.2) is 0 Å². The van der Waals surface area contributed by atoms with Crippen LogP contribution in [0, 0.1) is 11.8 Å². The van der Waals surface area contributed by atoms with Crippen molar-refractivity contribution in [2.75, 3.05) is 19.7 Å². The minimum Gasteiger partial charge on any atom is -0.396 e. The Bertz CT molecular complexity index is 243. The van der Waals surface area contributed by atoms with Crippen molar-refractivity contribution in [3.63, 3.8) is 0 Å². The van der Waals surface area contributed by atoms with E-state index < -0.39 is 0 Å². The smallest absolute Gasteiger partial charge is 0.0443 e. The number of hydrogen-bond acceptors (Lipinski definition) is 3. The Balaban J connectivity index is 1.85. The zero-order valence-electron chi connectivity index (χ0n) is 11.9. The van der Waals surface area contributed by atoms with Gasteiger partial charge in [-0.05, 0) is 50.4 Å². The standard InChI is InChI=1S/C15H30N2O/c1-12-6-7-15(16)13(10-12)11-17(8-3-9-18)14-4-2-5-14/h12-15,18H,2-11,16H2,1H3. The summed E-state index contributed by atoms with van der Waals surface area (Å²) in [7, 11) is 0. The zero-order chi connectivity index (χ0) is 13.0. The first-order chi connectivity index (χ1) is 8.70. The van der Waals surface area contributed by atoms with Crippen LogP contribution < -0.4 is 5.73 Å². The van der Waals surface area contributed by atoms with Gasteiger partial charge in [-0.25, -0.2) is 0 Å². The van der Waals surface area contributed by atoms with E-state index in [1.807, 2.05) is 0 Å². The van der Waals surface area contributed by atoms with Crippen molar-refractivity contribution in [3.05, 3.63) is 0 Å². The van der Waals surface area contributed by atoms with E-state index in [0.717, 1.165) is 31.5 Å². The maximum absolute atomic E-state index is 9.04. The second-order valence-electron chi connectivity index (χ2n) is 6.50. The second kappa shape index (κ2) is 6.88. The van der Waals surface area contributed by atoms with Crippen LogP contribution >= 0.6 is 0 Å². The van der Waals surface area contributed by atoms with Crippen molar-refractivity contribution in [1.82, 2.24) is 4.90 Å². The Kier molecular flexibility index (Phi) is 5.46. The zero-order valence-corrected chi connectivity index (χ0v) is 11.9. The van der Waals surface area contributed by atoms with Crippen molar-refractivity contribution in [1.29, 1.82) is 0 Å². The third-order valence-electron chi connectivity index (χ3n) is 4.97.